The first-order valence-electron chi connectivity index (χ1n) is 9.02. The van der Waals surface area contributed by atoms with Crippen molar-refractivity contribution in [1.29, 1.82) is 10.5 Å². The maximum Gasteiger partial charge on any atom is 0.266 e. The predicted octanol–water partition coefficient (Wildman–Crippen LogP) is 4.39. The Morgan fingerprint density at radius 2 is 1.70 bits per heavy atom. The quantitative estimate of drug-likeness (QED) is 0.366. The zero-order valence-corrected chi connectivity index (χ0v) is 15.9. The van der Waals surface area contributed by atoms with Crippen molar-refractivity contribution in [2.24, 2.45) is 0 Å². The van der Waals surface area contributed by atoms with E-state index in [9.17, 15) is 20.4 Å². The van der Waals surface area contributed by atoms with E-state index in [2.05, 4.69) is 11.4 Å². The molecule has 0 aliphatic heterocycles. The number of nitriles is 2. The van der Waals surface area contributed by atoms with E-state index >= 15 is 0 Å². The van der Waals surface area contributed by atoms with E-state index in [0.717, 1.165) is 5.56 Å². The molecule has 0 aliphatic carbocycles. The lowest BCUT2D eigenvalue weighted by Crippen LogP contribution is -2.13. The van der Waals surface area contributed by atoms with E-state index < -0.39 is 5.91 Å². The van der Waals surface area contributed by atoms with Crippen molar-refractivity contribution >= 4 is 17.7 Å². The molecule has 0 atom stereocenters. The molecule has 3 aromatic rings. The molecule has 0 aliphatic rings. The molecule has 3 aromatic carbocycles. The number of hydrogen-bond acceptors (Lipinski definition) is 5. The Morgan fingerprint density at radius 1 is 1.00 bits per heavy atom. The van der Waals surface area contributed by atoms with Crippen LogP contribution in [0, 0.1) is 22.7 Å². The van der Waals surface area contributed by atoms with Gasteiger partial charge in [-0.25, -0.2) is 0 Å². The van der Waals surface area contributed by atoms with Crippen molar-refractivity contribution < 1.29 is 14.6 Å². The lowest BCUT2D eigenvalue weighted by molar-refractivity contribution is -0.112. The van der Waals surface area contributed by atoms with Gasteiger partial charge >= 0.3 is 0 Å². The molecule has 6 nitrogen and oxygen atoms in total. The highest BCUT2D eigenvalue weighted by Crippen LogP contribution is 2.23. The Balaban J connectivity index is 1.80. The first-order chi connectivity index (χ1) is 14.6. The Hall–Kier alpha value is -4.55. The third-order valence-electron chi connectivity index (χ3n) is 4.23. The Kier molecular flexibility index (Phi) is 6.45. The van der Waals surface area contributed by atoms with E-state index in [1.54, 1.807) is 36.4 Å². The van der Waals surface area contributed by atoms with Gasteiger partial charge in [-0.1, -0.05) is 36.4 Å². The smallest absolute Gasteiger partial charge is 0.266 e. The van der Waals surface area contributed by atoms with Crippen molar-refractivity contribution in [2.75, 3.05) is 5.32 Å². The number of nitrogens with zero attached hydrogens (tertiary/aromatic N) is 2. The summed E-state index contributed by atoms with van der Waals surface area (Å²) >= 11 is 0. The molecule has 146 valence electrons. The highest BCUT2D eigenvalue weighted by Gasteiger charge is 2.12. The van der Waals surface area contributed by atoms with Crippen LogP contribution in [0.15, 0.2) is 78.4 Å². The van der Waals surface area contributed by atoms with E-state index in [1.807, 2.05) is 18.2 Å². The van der Waals surface area contributed by atoms with E-state index in [1.165, 1.54) is 30.3 Å². The van der Waals surface area contributed by atoms with Crippen molar-refractivity contribution in [1.82, 2.24) is 0 Å². The molecule has 6 heteroatoms. The first kappa shape index (κ1) is 20.2. The minimum Gasteiger partial charge on any atom is -0.508 e. The van der Waals surface area contributed by atoms with Crippen LogP contribution >= 0.6 is 0 Å². The van der Waals surface area contributed by atoms with Crippen LogP contribution in [-0.2, 0) is 11.4 Å². The number of para-hydroxylation sites is 1. The summed E-state index contributed by atoms with van der Waals surface area (Å²) < 4.78 is 5.86. The zero-order chi connectivity index (χ0) is 21.3. The average Bonchev–Trinajstić information content (AvgIpc) is 2.78. The molecule has 0 unspecified atom stereocenters. The van der Waals surface area contributed by atoms with Gasteiger partial charge in [0.25, 0.3) is 5.91 Å². The van der Waals surface area contributed by atoms with Crippen LogP contribution < -0.4 is 10.1 Å². The van der Waals surface area contributed by atoms with Crippen molar-refractivity contribution in [2.45, 2.75) is 6.61 Å². The minimum absolute atomic E-state index is 0.0769. The molecule has 0 bridgehead atoms. The van der Waals surface area contributed by atoms with Crippen LogP contribution in [0.25, 0.3) is 6.08 Å². The fraction of sp³-hybridized carbons (Fsp3) is 0.0417. The fourth-order valence-electron chi connectivity index (χ4n) is 2.69. The van der Waals surface area contributed by atoms with E-state index in [-0.39, 0.29) is 17.9 Å². The van der Waals surface area contributed by atoms with E-state index in [0.29, 0.717) is 22.6 Å². The van der Waals surface area contributed by atoms with Gasteiger partial charge in [0.15, 0.2) is 0 Å². The average molecular weight is 395 g/mol. The molecule has 0 heterocycles. The molecule has 0 fully saturated rings. The van der Waals surface area contributed by atoms with Gasteiger partial charge in [0.05, 0.1) is 11.6 Å². The first-order valence-corrected chi connectivity index (χ1v) is 9.02. The van der Waals surface area contributed by atoms with Gasteiger partial charge in [-0.3, -0.25) is 4.79 Å². The SMILES string of the molecule is N#C/C(=C\c1ccccc1OCc1ccccc1C#N)C(=O)Nc1ccc(O)cc1. The number of nitrogens with one attached hydrogen (secondary N) is 1. The highest BCUT2D eigenvalue weighted by molar-refractivity contribution is 6.09. The number of anilines is 1. The van der Waals surface area contributed by atoms with Crippen LogP contribution in [-0.4, -0.2) is 11.0 Å². The minimum atomic E-state index is -0.576. The number of amides is 1. The lowest BCUT2D eigenvalue weighted by Gasteiger charge is -2.11. The van der Waals surface area contributed by atoms with Gasteiger partial charge in [0, 0.05) is 16.8 Å². The second-order valence-electron chi connectivity index (χ2n) is 6.27. The normalized spacial score (nSPS) is 10.5. The van der Waals surface area contributed by atoms with Crippen LogP contribution in [0.5, 0.6) is 11.5 Å². The number of carbonyl (C=O) groups excluding carboxylic acids is 1. The second-order valence-corrected chi connectivity index (χ2v) is 6.27. The van der Waals surface area contributed by atoms with Crippen molar-refractivity contribution in [3.63, 3.8) is 0 Å². The largest absolute Gasteiger partial charge is 0.508 e. The molecule has 30 heavy (non-hydrogen) atoms. The summed E-state index contributed by atoms with van der Waals surface area (Å²) in [6.07, 6.45) is 1.45. The number of phenols is 1. The number of hydrogen-bond donors (Lipinski definition) is 2. The molecule has 0 saturated heterocycles. The number of rotatable bonds is 6. The number of carbonyl (C=O) groups is 1. The molecule has 1 amide bonds. The molecule has 0 radical (unpaired) electrons. The maximum atomic E-state index is 12.5. The Morgan fingerprint density at radius 3 is 2.43 bits per heavy atom. The summed E-state index contributed by atoms with van der Waals surface area (Å²) in [5.74, 6) is -0.0173. The predicted molar refractivity (Wildman–Crippen MR) is 112 cm³/mol. The monoisotopic (exact) mass is 395 g/mol. The molecular formula is C24H17N3O3. The summed E-state index contributed by atoms with van der Waals surface area (Å²) in [6.45, 7) is 0.177. The number of phenolic OH excluding ortho intramolecular Hbond substituents is 1. The van der Waals surface area contributed by atoms with Crippen LogP contribution in [0.3, 0.4) is 0 Å². The van der Waals surface area contributed by atoms with Gasteiger partial charge in [-0.2, -0.15) is 10.5 Å². The van der Waals surface area contributed by atoms with Gasteiger partial charge in [0.2, 0.25) is 0 Å². The molecule has 0 spiro atoms. The topological polar surface area (TPSA) is 106 Å². The van der Waals surface area contributed by atoms with Crippen LogP contribution in [0.1, 0.15) is 16.7 Å². The standard InChI is InChI=1S/C24H17N3O3/c25-14-18-6-1-2-7-19(18)16-30-23-8-4-3-5-17(23)13-20(15-26)24(29)27-21-9-11-22(28)12-10-21/h1-13,28H,16H2,(H,27,29)/b20-13+. The number of ether oxygens (including phenoxy) is 1. The summed E-state index contributed by atoms with van der Waals surface area (Å²) in [7, 11) is 0. The van der Waals surface area contributed by atoms with Crippen LogP contribution in [0.2, 0.25) is 0 Å². The molecule has 3 rings (SSSR count). The number of aromatic hydroxyl groups is 1. The highest BCUT2D eigenvalue weighted by atomic mass is 16.5. The summed E-state index contributed by atoms with van der Waals surface area (Å²) in [4.78, 5) is 12.5. The summed E-state index contributed by atoms with van der Waals surface area (Å²) in [5, 5.41) is 30.6. The van der Waals surface area contributed by atoms with Gasteiger partial charge in [-0.05, 0) is 42.5 Å². The zero-order valence-electron chi connectivity index (χ0n) is 15.9. The summed E-state index contributed by atoms with van der Waals surface area (Å²) in [5.41, 5.74) is 2.18. The molecule has 0 aromatic heterocycles. The van der Waals surface area contributed by atoms with Gasteiger partial charge in [0.1, 0.15) is 29.7 Å². The van der Waals surface area contributed by atoms with Gasteiger partial charge < -0.3 is 15.2 Å². The van der Waals surface area contributed by atoms with E-state index in [4.69, 9.17) is 4.74 Å². The third kappa shape index (κ3) is 5.03. The Labute approximate surface area is 173 Å². The van der Waals surface area contributed by atoms with Crippen molar-refractivity contribution in [3.05, 3.63) is 95.1 Å². The molecule has 2 N–H and O–H groups in total. The van der Waals surface area contributed by atoms with Crippen LogP contribution in [0.4, 0.5) is 5.69 Å². The van der Waals surface area contributed by atoms with Gasteiger partial charge in [-0.15, -0.1) is 0 Å². The van der Waals surface area contributed by atoms with Crippen molar-refractivity contribution in [3.8, 4) is 23.6 Å². The lowest BCUT2D eigenvalue weighted by atomic mass is 10.1. The Bertz CT molecular complexity index is 1170. The maximum absolute atomic E-state index is 12.5. The molecular weight excluding hydrogens is 378 g/mol. The molecule has 0 saturated carbocycles. The summed E-state index contributed by atoms with van der Waals surface area (Å²) in [6, 6.07) is 24.1. The second kappa shape index (κ2) is 9.59. The number of benzene rings is 3. The fourth-order valence-corrected chi connectivity index (χ4v) is 2.69. The third-order valence-corrected chi connectivity index (χ3v) is 4.23.